The summed E-state index contributed by atoms with van der Waals surface area (Å²) in [5.74, 6) is 3.47. The fourth-order valence-electron chi connectivity index (χ4n) is 2.23. The highest BCUT2D eigenvalue weighted by molar-refractivity contribution is 7.99. The third kappa shape index (κ3) is 4.52. The van der Waals surface area contributed by atoms with Gasteiger partial charge in [-0.3, -0.25) is 0 Å². The van der Waals surface area contributed by atoms with Crippen molar-refractivity contribution < 1.29 is 9.26 Å². The van der Waals surface area contributed by atoms with Crippen LogP contribution in [0.4, 0.5) is 0 Å². The third-order valence-corrected chi connectivity index (χ3v) is 4.95. The Hall–Kier alpha value is -1.46. The van der Waals surface area contributed by atoms with Gasteiger partial charge in [0.25, 0.3) is 0 Å². The Morgan fingerprint density at radius 3 is 2.77 bits per heavy atom. The van der Waals surface area contributed by atoms with Gasteiger partial charge in [0.15, 0.2) is 0 Å². The molecule has 5 heteroatoms. The quantitative estimate of drug-likeness (QED) is 0.749. The third-order valence-electron chi connectivity index (χ3n) is 3.57. The Kier molecular flexibility index (Phi) is 6.34. The van der Waals surface area contributed by atoms with Crippen molar-refractivity contribution in [3.8, 4) is 5.75 Å². The molecular formula is C17H24N2O2S. The summed E-state index contributed by atoms with van der Waals surface area (Å²) in [4.78, 5) is 1.20. The maximum absolute atomic E-state index is 5.38. The molecule has 0 bridgehead atoms. The Balaban J connectivity index is 1.75. The average Bonchev–Trinajstić information content (AvgIpc) is 2.85. The van der Waals surface area contributed by atoms with E-state index >= 15 is 0 Å². The Bertz CT molecular complexity index is 579. The van der Waals surface area contributed by atoms with Gasteiger partial charge in [-0.05, 0) is 38.4 Å². The predicted octanol–water partition coefficient (Wildman–Crippen LogP) is 3.82. The highest BCUT2D eigenvalue weighted by Crippen LogP contribution is 2.29. The summed E-state index contributed by atoms with van der Waals surface area (Å²) >= 11 is 1.84. The van der Waals surface area contributed by atoms with Crippen molar-refractivity contribution in [3.05, 3.63) is 41.3 Å². The fraction of sp³-hybridized carbons (Fsp3) is 0.471. The van der Waals surface area contributed by atoms with Crippen molar-refractivity contribution in [2.24, 2.45) is 5.92 Å². The zero-order chi connectivity index (χ0) is 15.9. The molecule has 2 rings (SSSR count). The monoisotopic (exact) mass is 320 g/mol. The molecule has 22 heavy (non-hydrogen) atoms. The second-order valence-electron chi connectivity index (χ2n) is 5.50. The molecular weight excluding hydrogens is 296 g/mol. The predicted molar refractivity (Wildman–Crippen MR) is 90.6 cm³/mol. The normalized spacial score (nSPS) is 12.4. The Morgan fingerprint density at radius 1 is 1.32 bits per heavy atom. The van der Waals surface area contributed by atoms with Gasteiger partial charge in [0.2, 0.25) is 0 Å². The second-order valence-corrected chi connectivity index (χ2v) is 6.56. The average molecular weight is 320 g/mol. The number of aromatic nitrogens is 1. The highest BCUT2D eigenvalue weighted by atomic mass is 32.2. The Labute approximate surface area is 136 Å². The number of aryl methyl sites for hydroxylation is 2. The van der Waals surface area contributed by atoms with E-state index in [2.05, 4.69) is 23.5 Å². The highest BCUT2D eigenvalue weighted by Gasteiger charge is 2.10. The van der Waals surface area contributed by atoms with Crippen LogP contribution in [0.2, 0.25) is 0 Å². The minimum atomic E-state index is 0.565. The lowest BCUT2D eigenvalue weighted by atomic mass is 10.2. The molecule has 0 spiro atoms. The second kappa shape index (κ2) is 8.25. The molecule has 1 atom stereocenters. The Morgan fingerprint density at radius 2 is 2.09 bits per heavy atom. The van der Waals surface area contributed by atoms with E-state index in [0.717, 1.165) is 36.0 Å². The number of rotatable bonds is 8. The number of hydrogen-bond donors (Lipinski definition) is 1. The van der Waals surface area contributed by atoms with Gasteiger partial charge in [0.05, 0.1) is 12.8 Å². The molecule has 120 valence electrons. The van der Waals surface area contributed by atoms with Crippen molar-refractivity contribution in [2.45, 2.75) is 32.2 Å². The molecule has 0 aliphatic rings. The molecule has 1 N–H and O–H groups in total. The minimum Gasteiger partial charge on any atom is -0.496 e. The van der Waals surface area contributed by atoms with Crippen LogP contribution in [-0.2, 0) is 6.54 Å². The van der Waals surface area contributed by atoms with Crippen LogP contribution in [0.15, 0.2) is 33.7 Å². The number of hydrogen-bond acceptors (Lipinski definition) is 5. The number of nitrogens with one attached hydrogen (secondary N) is 1. The van der Waals surface area contributed by atoms with Gasteiger partial charge in [0, 0.05) is 22.8 Å². The molecule has 1 aromatic carbocycles. The van der Waals surface area contributed by atoms with E-state index in [9.17, 15) is 0 Å². The zero-order valence-corrected chi connectivity index (χ0v) is 14.5. The van der Waals surface area contributed by atoms with Gasteiger partial charge in [-0.1, -0.05) is 24.2 Å². The van der Waals surface area contributed by atoms with Crippen LogP contribution in [0.1, 0.15) is 23.9 Å². The van der Waals surface area contributed by atoms with Crippen molar-refractivity contribution in [3.63, 3.8) is 0 Å². The first kappa shape index (κ1) is 16.9. The summed E-state index contributed by atoms with van der Waals surface area (Å²) in [6.45, 7) is 7.96. The first-order chi connectivity index (χ1) is 10.6. The van der Waals surface area contributed by atoms with Gasteiger partial charge >= 0.3 is 0 Å². The topological polar surface area (TPSA) is 47.3 Å². The molecule has 1 heterocycles. The van der Waals surface area contributed by atoms with Crippen LogP contribution in [0, 0.1) is 19.8 Å². The van der Waals surface area contributed by atoms with Crippen molar-refractivity contribution in [1.29, 1.82) is 0 Å². The molecule has 4 nitrogen and oxygen atoms in total. The zero-order valence-electron chi connectivity index (χ0n) is 13.7. The van der Waals surface area contributed by atoms with Gasteiger partial charge in [-0.2, -0.15) is 0 Å². The molecule has 1 unspecified atom stereocenters. The van der Waals surface area contributed by atoms with E-state index in [1.165, 1.54) is 10.5 Å². The number of nitrogens with zero attached hydrogens (tertiary/aromatic N) is 1. The van der Waals surface area contributed by atoms with Gasteiger partial charge in [-0.15, -0.1) is 11.8 Å². The van der Waals surface area contributed by atoms with Crippen LogP contribution in [0.3, 0.4) is 0 Å². The molecule has 2 aromatic rings. The summed E-state index contributed by atoms with van der Waals surface area (Å²) < 4.78 is 10.6. The van der Waals surface area contributed by atoms with Crippen LogP contribution >= 0.6 is 11.8 Å². The van der Waals surface area contributed by atoms with Crippen molar-refractivity contribution in [1.82, 2.24) is 10.5 Å². The van der Waals surface area contributed by atoms with Crippen LogP contribution < -0.4 is 10.1 Å². The van der Waals surface area contributed by atoms with Gasteiger partial charge in [-0.25, -0.2) is 0 Å². The number of para-hydroxylation sites is 1. The van der Waals surface area contributed by atoms with Gasteiger partial charge in [0.1, 0.15) is 11.5 Å². The molecule has 0 aliphatic carbocycles. The largest absolute Gasteiger partial charge is 0.496 e. The SMILES string of the molecule is COc1ccccc1SCC(C)CNCc1c(C)noc1C. The first-order valence-electron chi connectivity index (χ1n) is 7.50. The maximum atomic E-state index is 5.38. The standard InChI is InChI=1S/C17H24N2O2S/c1-12(9-18-10-15-13(2)19-21-14(15)3)11-22-17-8-6-5-7-16(17)20-4/h5-8,12,18H,9-11H2,1-4H3. The number of ether oxygens (including phenoxy) is 1. The molecule has 0 saturated carbocycles. The maximum Gasteiger partial charge on any atom is 0.138 e. The van der Waals surface area contributed by atoms with E-state index in [0.29, 0.717) is 5.92 Å². The minimum absolute atomic E-state index is 0.565. The molecule has 0 aliphatic heterocycles. The summed E-state index contributed by atoms with van der Waals surface area (Å²) in [7, 11) is 1.72. The fourth-order valence-corrected chi connectivity index (χ4v) is 3.28. The summed E-state index contributed by atoms with van der Waals surface area (Å²) in [5, 5.41) is 7.47. The smallest absolute Gasteiger partial charge is 0.138 e. The van der Waals surface area contributed by atoms with Crippen LogP contribution in [0.25, 0.3) is 0 Å². The lowest BCUT2D eigenvalue weighted by Crippen LogP contribution is -2.22. The number of benzene rings is 1. The van der Waals surface area contributed by atoms with E-state index in [4.69, 9.17) is 9.26 Å². The number of thioether (sulfide) groups is 1. The summed E-state index contributed by atoms with van der Waals surface area (Å²) in [6.07, 6.45) is 0. The van der Waals surface area contributed by atoms with E-state index in [-0.39, 0.29) is 0 Å². The summed E-state index contributed by atoms with van der Waals surface area (Å²) in [6, 6.07) is 8.15. The van der Waals surface area contributed by atoms with Gasteiger partial charge < -0.3 is 14.6 Å². The lowest BCUT2D eigenvalue weighted by Gasteiger charge is -2.13. The van der Waals surface area contributed by atoms with E-state index < -0.39 is 0 Å². The summed E-state index contributed by atoms with van der Waals surface area (Å²) in [5.41, 5.74) is 2.14. The molecule has 0 fully saturated rings. The molecule has 0 amide bonds. The van der Waals surface area contributed by atoms with Crippen LogP contribution in [0.5, 0.6) is 5.75 Å². The van der Waals surface area contributed by atoms with Crippen LogP contribution in [-0.4, -0.2) is 24.6 Å². The molecule has 0 saturated heterocycles. The first-order valence-corrected chi connectivity index (χ1v) is 8.48. The van der Waals surface area contributed by atoms with E-state index in [1.807, 2.05) is 43.8 Å². The number of methoxy groups -OCH3 is 1. The lowest BCUT2D eigenvalue weighted by molar-refractivity contribution is 0.391. The van der Waals surface area contributed by atoms with E-state index in [1.54, 1.807) is 7.11 Å². The molecule has 1 aromatic heterocycles. The van der Waals surface area contributed by atoms with Crippen molar-refractivity contribution >= 4 is 11.8 Å². The van der Waals surface area contributed by atoms with Crippen molar-refractivity contribution in [2.75, 3.05) is 19.4 Å². The molecule has 0 radical (unpaired) electrons.